The summed E-state index contributed by atoms with van der Waals surface area (Å²) in [4.78, 5) is 0. The number of hydrogen-bond donors (Lipinski definition) is 0. The normalized spacial score (nSPS) is 24.5. The monoisotopic (exact) mass is 290 g/mol. The molecule has 0 heterocycles. The number of rotatable bonds is 5. The summed E-state index contributed by atoms with van der Waals surface area (Å²) in [6.45, 7) is 14.0. The minimum absolute atomic E-state index is 0.303. The maximum absolute atomic E-state index is 6.67. The van der Waals surface area contributed by atoms with Crippen LogP contribution in [0, 0.1) is 5.92 Å². The third-order valence-corrected chi connectivity index (χ3v) is 9.70. The zero-order valence-electron chi connectivity index (χ0n) is 13.9. The average Bonchev–Trinajstić information content (AvgIpc) is 3.16. The zero-order valence-corrected chi connectivity index (χ0v) is 14.9. The van der Waals surface area contributed by atoms with Crippen molar-refractivity contribution >= 4 is 8.32 Å². The molecule has 1 aromatic rings. The lowest BCUT2D eigenvalue weighted by Gasteiger charge is -2.39. The molecule has 1 fully saturated rings. The molecule has 0 aliphatic heterocycles. The van der Waals surface area contributed by atoms with Gasteiger partial charge in [0.05, 0.1) is 0 Å². The van der Waals surface area contributed by atoms with Crippen molar-refractivity contribution in [2.75, 3.05) is 0 Å². The van der Waals surface area contributed by atoms with E-state index in [0.29, 0.717) is 11.1 Å². The second kappa shape index (κ2) is 5.65. The number of hydrogen-bond acceptors (Lipinski definition) is 1. The Hall–Kier alpha value is -0.603. The van der Waals surface area contributed by atoms with Gasteiger partial charge in [-0.2, -0.15) is 0 Å². The molecule has 0 N–H and O–H groups in total. The molecule has 1 aliphatic rings. The Morgan fingerprint density at radius 2 is 1.80 bits per heavy atom. The maximum atomic E-state index is 6.67. The third-order valence-electron chi connectivity index (χ3n) is 5.20. The largest absolute Gasteiger partial charge is 0.414 e. The van der Waals surface area contributed by atoms with E-state index in [2.05, 4.69) is 71.1 Å². The van der Waals surface area contributed by atoms with Crippen LogP contribution in [0.4, 0.5) is 0 Å². The molecule has 2 heteroatoms. The minimum atomic E-state index is -1.64. The van der Waals surface area contributed by atoms with E-state index in [9.17, 15) is 0 Å². The molecule has 0 saturated heterocycles. The van der Waals surface area contributed by atoms with Crippen LogP contribution in [-0.4, -0.2) is 14.4 Å². The van der Waals surface area contributed by atoms with Crippen molar-refractivity contribution in [3.8, 4) is 0 Å². The standard InChI is InChI=1S/C18H30OSi/c1-7-17(19-20(5,6)18(2,3)4)16-13-15(16)14-11-9-8-10-12-14/h8-12,15-17H,7,13H2,1-6H3/t15-,16+,17-/m0/s1. The van der Waals surface area contributed by atoms with E-state index in [0.717, 1.165) is 18.3 Å². The van der Waals surface area contributed by atoms with E-state index in [4.69, 9.17) is 4.43 Å². The van der Waals surface area contributed by atoms with Gasteiger partial charge in [-0.15, -0.1) is 0 Å². The topological polar surface area (TPSA) is 9.23 Å². The summed E-state index contributed by atoms with van der Waals surface area (Å²) in [7, 11) is -1.64. The van der Waals surface area contributed by atoms with Crippen molar-refractivity contribution in [3.63, 3.8) is 0 Å². The molecule has 2 rings (SSSR count). The lowest BCUT2D eigenvalue weighted by atomic mass is 10.1. The molecule has 0 radical (unpaired) electrons. The molecule has 1 aliphatic carbocycles. The van der Waals surface area contributed by atoms with Crippen molar-refractivity contribution in [1.29, 1.82) is 0 Å². The highest BCUT2D eigenvalue weighted by molar-refractivity contribution is 6.74. The first-order valence-electron chi connectivity index (χ1n) is 7.99. The van der Waals surface area contributed by atoms with Gasteiger partial charge in [0.2, 0.25) is 0 Å². The van der Waals surface area contributed by atoms with Crippen LogP contribution in [0.15, 0.2) is 30.3 Å². The first-order valence-corrected chi connectivity index (χ1v) is 10.9. The molecule has 1 aromatic carbocycles. The Kier molecular flexibility index (Phi) is 4.46. The van der Waals surface area contributed by atoms with Crippen LogP contribution in [-0.2, 0) is 4.43 Å². The first-order chi connectivity index (χ1) is 9.26. The van der Waals surface area contributed by atoms with Crippen molar-refractivity contribution in [3.05, 3.63) is 35.9 Å². The molecule has 1 saturated carbocycles. The predicted molar refractivity (Wildman–Crippen MR) is 89.7 cm³/mol. The van der Waals surface area contributed by atoms with E-state index in [1.165, 1.54) is 12.0 Å². The van der Waals surface area contributed by atoms with E-state index in [1.807, 2.05) is 0 Å². The molecule has 20 heavy (non-hydrogen) atoms. The van der Waals surface area contributed by atoms with Gasteiger partial charge in [-0.05, 0) is 48.4 Å². The Morgan fingerprint density at radius 3 is 2.30 bits per heavy atom. The van der Waals surface area contributed by atoms with Crippen LogP contribution < -0.4 is 0 Å². The van der Waals surface area contributed by atoms with Crippen LogP contribution in [0.1, 0.15) is 52.0 Å². The molecule has 0 spiro atoms. The summed E-state index contributed by atoms with van der Waals surface area (Å²) in [5.41, 5.74) is 1.50. The summed E-state index contributed by atoms with van der Waals surface area (Å²) in [5, 5.41) is 0.303. The van der Waals surface area contributed by atoms with Crippen LogP contribution >= 0.6 is 0 Å². The van der Waals surface area contributed by atoms with Gasteiger partial charge in [0.25, 0.3) is 0 Å². The summed E-state index contributed by atoms with van der Waals surface area (Å²) in [6, 6.07) is 10.9. The summed E-state index contributed by atoms with van der Waals surface area (Å²) >= 11 is 0. The van der Waals surface area contributed by atoms with Crippen molar-refractivity contribution in [1.82, 2.24) is 0 Å². The van der Waals surface area contributed by atoms with Crippen LogP contribution in [0.3, 0.4) is 0 Å². The Morgan fingerprint density at radius 1 is 1.20 bits per heavy atom. The van der Waals surface area contributed by atoms with Gasteiger partial charge < -0.3 is 4.43 Å². The van der Waals surface area contributed by atoms with Gasteiger partial charge in [0.15, 0.2) is 8.32 Å². The minimum Gasteiger partial charge on any atom is -0.414 e. The van der Waals surface area contributed by atoms with Gasteiger partial charge in [-0.25, -0.2) is 0 Å². The SMILES string of the molecule is CC[C@H](O[Si](C)(C)C(C)(C)C)[C@@H]1C[C@H]1c1ccccc1. The van der Waals surface area contributed by atoms with E-state index < -0.39 is 8.32 Å². The molecule has 0 bridgehead atoms. The summed E-state index contributed by atoms with van der Waals surface area (Å²) in [6.07, 6.45) is 2.89. The highest BCUT2D eigenvalue weighted by Crippen LogP contribution is 2.52. The van der Waals surface area contributed by atoms with Crippen LogP contribution in [0.25, 0.3) is 0 Å². The fourth-order valence-electron chi connectivity index (χ4n) is 2.74. The van der Waals surface area contributed by atoms with Gasteiger partial charge in [-0.1, -0.05) is 58.0 Å². The smallest absolute Gasteiger partial charge is 0.192 e. The van der Waals surface area contributed by atoms with Crippen LogP contribution in [0.2, 0.25) is 18.1 Å². The zero-order chi connectivity index (χ0) is 15.0. The van der Waals surface area contributed by atoms with Gasteiger partial charge in [0.1, 0.15) is 0 Å². The van der Waals surface area contributed by atoms with Crippen molar-refractivity contribution in [2.24, 2.45) is 5.92 Å². The fraction of sp³-hybridized carbons (Fsp3) is 0.667. The van der Waals surface area contributed by atoms with Gasteiger partial charge >= 0.3 is 0 Å². The van der Waals surface area contributed by atoms with E-state index in [1.54, 1.807) is 0 Å². The highest BCUT2D eigenvalue weighted by atomic mass is 28.4. The first kappa shape index (κ1) is 15.8. The number of benzene rings is 1. The Bertz CT molecular complexity index is 432. The molecule has 0 unspecified atom stereocenters. The molecule has 3 atom stereocenters. The van der Waals surface area contributed by atoms with Crippen molar-refractivity contribution < 1.29 is 4.43 Å². The quantitative estimate of drug-likeness (QED) is 0.642. The summed E-state index contributed by atoms with van der Waals surface area (Å²) < 4.78 is 6.67. The predicted octanol–water partition coefficient (Wildman–Crippen LogP) is 5.59. The second-order valence-electron chi connectivity index (χ2n) is 7.74. The third kappa shape index (κ3) is 3.34. The molecule has 0 aromatic heterocycles. The maximum Gasteiger partial charge on any atom is 0.192 e. The van der Waals surface area contributed by atoms with Crippen LogP contribution in [0.5, 0.6) is 0 Å². The lowest BCUT2D eigenvalue weighted by molar-refractivity contribution is 0.152. The molecule has 112 valence electrons. The molecular weight excluding hydrogens is 260 g/mol. The van der Waals surface area contributed by atoms with Gasteiger partial charge in [-0.3, -0.25) is 0 Å². The molecule has 0 amide bonds. The fourth-order valence-corrected chi connectivity index (χ4v) is 4.19. The highest BCUT2D eigenvalue weighted by Gasteiger charge is 2.47. The average molecular weight is 291 g/mol. The van der Waals surface area contributed by atoms with E-state index in [-0.39, 0.29) is 0 Å². The van der Waals surface area contributed by atoms with Crippen molar-refractivity contribution in [2.45, 2.75) is 70.7 Å². The lowest BCUT2D eigenvalue weighted by Crippen LogP contribution is -2.44. The molecule has 1 nitrogen and oxygen atoms in total. The second-order valence-corrected chi connectivity index (χ2v) is 12.5. The van der Waals surface area contributed by atoms with Gasteiger partial charge in [0, 0.05) is 6.10 Å². The Labute approximate surface area is 125 Å². The van der Waals surface area contributed by atoms with E-state index >= 15 is 0 Å². The Balaban J connectivity index is 2.02. The molecular formula is C18H30OSi. The summed E-state index contributed by atoms with van der Waals surface area (Å²) in [5.74, 6) is 1.46.